The normalized spacial score (nSPS) is 16.8. The van der Waals surface area contributed by atoms with Gasteiger partial charge in [-0.15, -0.1) is 0 Å². The standard InChI is InChI=1S/C13H15BrFNO3/c1-9-5-12(10(15)6-11(9)16(17)18)19-8-13(7-14)3-2-4-13/h5-6H,2-4,7-8H2,1H3. The van der Waals surface area contributed by atoms with Gasteiger partial charge in [-0.25, -0.2) is 4.39 Å². The highest BCUT2D eigenvalue weighted by atomic mass is 79.9. The van der Waals surface area contributed by atoms with Gasteiger partial charge in [0.25, 0.3) is 5.69 Å². The van der Waals surface area contributed by atoms with Crippen molar-refractivity contribution in [2.24, 2.45) is 5.41 Å². The molecule has 1 aliphatic carbocycles. The number of aryl methyl sites for hydroxylation is 1. The summed E-state index contributed by atoms with van der Waals surface area (Å²) in [6.07, 6.45) is 3.29. The molecule has 0 aromatic heterocycles. The fraction of sp³-hybridized carbons (Fsp3) is 0.538. The van der Waals surface area contributed by atoms with Gasteiger partial charge in [-0.2, -0.15) is 0 Å². The Hall–Kier alpha value is -1.17. The zero-order valence-electron chi connectivity index (χ0n) is 10.6. The number of halogens is 2. The molecule has 1 fully saturated rings. The van der Waals surface area contributed by atoms with E-state index in [0.29, 0.717) is 12.2 Å². The molecule has 0 saturated heterocycles. The summed E-state index contributed by atoms with van der Waals surface area (Å²) in [4.78, 5) is 10.1. The van der Waals surface area contributed by atoms with E-state index in [9.17, 15) is 14.5 Å². The Morgan fingerprint density at radius 1 is 1.53 bits per heavy atom. The van der Waals surface area contributed by atoms with Crippen LogP contribution < -0.4 is 4.74 Å². The molecule has 1 saturated carbocycles. The van der Waals surface area contributed by atoms with E-state index in [1.165, 1.54) is 6.07 Å². The summed E-state index contributed by atoms with van der Waals surface area (Å²) in [7, 11) is 0. The number of ether oxygens (including phenoxy) is 1. The van der Waals surface area contributed by atoms with Crippen LogP contribution in [0.15, 0.2) is 12.1 Å². The second-order valence-electron chi connectivity index (χ2n) is 5.10. The molecular formula is C13H15BrFNO3. The minimum Gasteiger partial charge on any atom is -0.490 e. The maximum atomic E-state index is 13.8. The lowest BCUT2D eigenvalue weighted by atomic mass is 9.71. The molecular weight excluding hydrogens is 317 g/mol. The number of nitro groups is 1. The number of benzene rings is 1. The van der Waals surface area contributed by atoms with Gasteiger partial charge in [0.15, 0.2) is 11.6 Å². The monoisotopic (exact) mass is 331 g/mol. The fourth-order valence-corrected chi connectivity index (χ4v) is 2.90. The van der Waals surface area contributed by atoms with Crippen molar-refractivity contribution in [2.45, 2.75) is 26.2 Å². The third-order valence-electron chi connectivity index (χ3n) is 3.68. The SMILES string of the molecule is Cc1cc(OCC2(CBr)CCC2)c(F)cc1[N+](=O)[O-]. The van der Waals surface area contributed by atoms with Crippen LogP contribution in [0.1, 0.15) is 24.8 Å². The molecule has 0 heterocycles. The van der Waals surface area contributed by atoms with E-state index in [1.807, 2.05) is 0 Å². The molecule has 6 heteroatoms. The van der Waals surface area contributed by atoms with E-state index in [0.717, 1.165) is 30.7 Å². The molecule has 1 aromatic carbocycles. The Morgan fingerprint density at radius 3 is 2.68 bits per heavy atom. The lowest BCUT2D eigenvalue weighted by Gasteiger charge is -2.39. The average molecular weight is 332 g/mol. The van der Waals surface area contributed by atoms with E-state index in [2.05, 4.69) is 15.9 Å². The summed E-state index contributed by atoms with van der Waals surface area (Å²) in [5, 5.41) is 11.5. The predicted octanol–water partition coefficient (Wildman–Crippen LogP) is 3.99. The van der Waals surface area contributed by atoms with Crippen molar-refractivity contribution in [3.8, 4) is 5.75 Å². The van der Waals surface area contributed by atoms with E-state index < -0.39 is 10.7 Å². The molecule has 0 atom stereocenters. The fourth-order valence-electron chi connectivity index (χ4n) is 2.18. The first-order valence-corrected chi connectivity index (χ1v) is 7.23. The first-order chi connectivity index (χ1) is 8.97. The molecule has 0 unspecified atom stereocenters. The highest BCUT2D eigenvalue weighted by Crippen LogP contribution is 2.43. The third-order valence-corrected chi connectivity index (χ3v) is 4.87. The second-order valence-corrected chi connectivity index (χ2v) is 5.66. The Bertz CT molecular complexity index is 497. The molecule has 1 aliphatic rings. The van der Waals surface area contributed by atoms with Gasteiger partial charge in [0.2, 0.25) is 0 Å². The molecule has 0 aliphatic heterocycles. The largest absolute Gasteiger partial charge is 0.490 e. The Labute approximate surface area is 119 Å². The van der Waals surface area contributed by atoms with Crippen molar-refractivity contribution in [1.29, 1.82) is 0 Å². The van der Waals surface area contributed by atoms with Gasteiger partial charge in [0, 0.05) is 16.3 Å². The molecule has 0 N–H and O–H groups in total. The van der Waals surface area contributed by atoms with Crippen molar-refractivity contribution in [2.75, 3.05) is 11.9 Å². The van der Waals surface area contributed by atoms with Crippen LogP contribution in [-0.2, 0) is 0 Å². The van der Waals surface area contributed by atoms with Crippen molar-refractivity contribution in [3.05, 3.63) is 33.6 Å². The van der Waals surface area contributed by atoms with Crippen LogP contribution in [0, 0.1) is 28.3 Å². The molecule has 0 amide bonds. The first-order valence-electron chi connectivity index (χ1n) is 6.11. The predicted molar refractivity (Wildman–Crippen MR) is 73.4 cm³/mol. The minimum absolute atomic E-state index is 0.0854. The highest BCUT2D eigenvalue weighted by molar-refractivity contribution is 9.09. The molecule has 0 spiro atoms. The molecule has 19 heavy (non-hydrogen) atoms. The van der Waals surface area contributed by atoms with Crippen LogP contribution in [0.5, 0.6) is 5.75 Å². The zero-order chi connectivity index (χ0) is 14.0. The molecule has 0 radical (unpaired) electrons. The first kappa shape index (κ1) is 14.2. The van der Waals surface area contributed by atoms with Crippen molar-refractivity contribution < 1.29 is 14.1 Å². The van der Waals surface area contributed by atoms with E-state index in [1.54, 1.807) is 6.92 Å². The van der Waals surface area contributed by atoms with E-state index in [-0.39, 0.29) is 16.9 Å². The summed E-state index contributed by atoms with van der Waals surface area (Å²) in [5.74, 6) is -0.586. The van der Waals surface area contributed by atoms with E-state index >= 15 is 0 Å². The molecule has 0 bridgehead atoms. The molecule has 4 nitrogen and oxygen atoms in total. The van der Waals surface area contributed by atoms with Crippen molar-refractivity contribution in [1.82, 2.24) is 0 Å². The summed E-state index contributed by atoms with van der Waals surface area (Å²) in [6, 6.07) is 2.32. The van der Waals surface area contributed by atoms with Crippen LogP contribution >= 0.6 is 15.9 Å². The summed E-state index contributed by atoms with van der Waals surface area (Å²) < 4.78 is 19.3. The highest BCUT2D eigenvalue weighted by Gasteiger charge is 2.37. The third kappa shape index (κ3) is 2.88. The maximum Gasteiger partial charge on any atom is 0.275 e. The van der Waals surface area contributed by atoms with Gasteiger partial charge >= 0.3 is 0 Å². The second kappa shape index (κ2) is 5.45. The van der Waals surface area contributed by atoms with Crippen LogP contribution in [0.3, 0.4) is 0 Å². The smallest absolute Gasteiger partial charge is 0.275 e. The van der Waals surface area contributed by atoms with Crippen LogP contribution in [0.4, 0.5) is 10.1 Å². The van der Waals surface area contributed by atoms with Gasteiger partial charge in [-0.3, -0.25) is 10.1 Å². The van der Waals surface area contributed by atoms with Gasteiger partial charge in [0.1, 0.15) is 0 Å². The summed E-state index contributed by atoms with van der Waals surface area (Å²) in [6.45, 7) is 2.01. The number of hydrogen-bond donors (Lipinski definition) is 0. The van der Waals surface area contributed by atoms with Gasteiger partial charge in [-0.05, 0) is 25.8 Å². The van der Waals surface area contributed by atoms with Crippen molar-refractivity contribution in [3.63, 3.8) is 0 Å². The topological polar surface area (TPSA) is 52.4 Å². The zero-order valence-corrected chi connectivity index (χ0v) is 12.2. The van der Waals surface area contributed by atoms with Gasteiger partial charge < -0.3 is 4.74 Å². The number of rotatable bonds is 5. The number of nitro benzene ring substituents is 1. The number of hydrogen-bond acceptors (Lipinski definition) is 3. The number of alkyl halides is 1. The number of nitrogens with zero attached hydrogens (tertiary/aromatic N) is 1. The molecule has 104 valence electrons. The Morgan fingerprint density at radius 2 is 2.21 bits per heavy atom. The van der Waals surface area contributed by atoms with Crippen LogP contribution in [-0.4, -0.2) is 16.9 Å². The average Bonchev–Trinajstić information content (AvgIpc) is 2.31. The van der Waals surface area contributed by atoms with Gasteiger partial charge in [0.05, 0.1) is 17.6 Å². The van der Waals surface area contributed by atoms with Crippen LogP contribution in [0.2, 0.25) is 0 Å². The van der Waals surface area contributed by atoms with Crippen molar-refractivity contribution >= 4 is 21.6 Å². The summed E-state index contributed by atoms with van der Waals surface area (Å²) in [5.41, 5.74) is 0.272. The Balaban J connectivity index is 2.13. The lowest BCUT2D eigenvalue weighted by molar-refractivity contribution is -0.385. The quantitative estimate of drug-likeness (QED) is 0.465. The Kier molecular flexibility index (Phi) is 4.08. The van der Waals surface area contributed by atoms with Crippen LogP contribution in [0.25, 0.3) is 0 Å². The van der Waals surface area contributed by atoms with E-state index in [4.69, 9.17) is 4.74 Å². The molecule has 2 rings (SSSR count). The van der Waals surface area contributed by atoms with Gasteiger partial charge in [-0.1, -0.05) is 22.4 Å². The lowest BCUT2D eigenvalue weighted by Crippen LogP contribution is -2.37. The maximum absolute atomic E-state index is 13.8. The summed E-state index contributed by atoms with van der Waals surface area (Å²) >= 11 is 3.46. The minimum atomic E-state index is -0.679. The molecule has 1 aromatic rings.